The summed E-state index contributed by atoms with van der Waals surface area (Å²) in [6.45, 7) is 0. The van der Waals surface area contributed by atoms with Gasteiger partial charge in [0.05, 0.1) is 27.0 Å². The van der Waals surface area contributed by atoms with Crippen LogP contribution in [-0.4, -0.2) is 52.7 Å². The van der Waals surface area contributed by atoms with Crippen molar-refractivity contribution in [2.45, 2.75) is 0 Å². The van der Waals surface area contributed by atoms with Gasteiger partial charge in [-0.15, -0.1) is 4.40 Å². The van der Waals surface area contributed by atoms with Crippen LogP contribution in [0.4, 0.5) is 5.69 Å². The molecule has 0 radical (unpaired) electrons. The fourth-order valence-corrected chi connectivity index (χ4v) is 3.68. The molecule has 1 heterocycles. The molecule has 1 amide bonds. The molecule has 9 nitrogen and oxygen atoms in total. The largest absolute Gasteiger partial charge is 0.497 e. The standard InChI is InChI=1S/C20H21N3O6S/c1-23-17(20(24)21-14-6-8-15(27-2)9-7-14)12-16(22-30(23,25)26)13-5-10-18(28-3)19(11-13)29-4/h5-12H,1-4H3,(H,21,24). The number of nitrogens with zero attached hydrogens (tertiary/aromatic N) is 2. The van der Waals surface area contributed by atoms with E-state index < -0.39 is 16.1 Å². The summed E-state index contributed by atoms with van der Waals surface area (Å²) in [5, 5.41) is 2.68. The highest BCUT2D eigenvalue weighted by Crippen LogP contribution is 2.29. The van der Waals surface area contributed by atoms with Crippen molar-refractivity contribution in [3.63, 3.8) is 0 Å². The lowest BCUT2D eigenvalue weighted by Gasteiger charge is -2.24. The molecule has 0 bridgehead atoms. The Bertz CT molecular complexity index is 1120. The second-order valence-electron chi connectivity index (χ2n) is 6.20. The number of anilines is 1. The highest BCUT2D eigenvalue weighted by atomic mass is 32.2. The Balaban J connectivity index is 1.96. The number of carbonyl (C=O) groups is 1. The molecule has 0 saturated heterocycles. The van der Waals surface area contributed by atoms with Crippen LogP contribution in [0.15, 0.2) is 58.6 Å². The predicted octanol–water partition coefficient (Wildman–Crippen LogP) is 2.21. The van der Waals surface area contributed by atoms with Crippen LogP contribution in [0.3, 0.4) is 0 Å². The summed E-state index contributed by atoms with van der Waals surface area (Å²) in [6.07, 6.45) is 1.40. The van der Waals surface area contributed by atoms with Crippen molar-refractivity contribution in [1.82, 2.24) is 4.31 Å². The second-order valence-corrected chi connectivity index (χ2v) is 7.83. The molecular weight excluding hydrogens is 410 g/mol. The summed E-state index contributed by atoms with van der Waals surface area (Å²) in [5.41, 5.74) is 0.973. The van der Waals surface area contributed by atoms with Crippen LogP contribution in [0.5, 0.6) is 17.2 Å². The van der Waals surface area contributed by atoms with E-state index in [1.807, 2.05) is 0 Å². The minimum atomic E-state index is -4.09. The fraction of sp³-hybridized carbons (Fsp3) is 0.200. The Kier molecular flexibility index (Phi) is 5.97. The zero-order chi connectivity index (χ0) is 21.9. The first kappa shape index (κ1) is 21.2. The number of rotatable bonds is 6. The number of ether oxygens (including phenoxy) is 3. The topological polar surface area (TPSA) is 107 Å². The average molecular weight is 431 g/mol. The van der Waals surface area contributed by atoms with Crippen LogP contribution in [0.2, 0.25) is 0 Å². The molecule has 0 spiro atoms. The Hall–Kier alpha value is -3.53. The lowest BCUT2D eigenvalue weighted by atomic mass is 10.1. The van der Waals surface area contributed by atoms with Gasteiger partial charge in [0, 0.05) is 18.3 Å². The van der Waals surface area contributed by atoms with E-state index in [2.05, 4.69) is 9.71 Å². The van der Waals surface area contributed by atoms with E-state index >= 15 is 0 Å². The Morgan fingerprint density at radius 2 is 1.63 bits per heavy atom. The van der Waals surface area contributed by atoms with Gasteiger partial charge in [0.15, 0.2) is 11.5 Å². The molecule has 158 valence electrons. The number of amides is 1. The lowest BCUT2D eigenvalue weighted by Crippen LogP contribution is -2.35. The van der Waals surface area contributed by atoms with Gasteiger partial charge in [-0.25, -0.2) is 4.31 Å². The molecule has 3 rings (SSSR count). The quantitative estimate of drug-likeness (QED) is 0.752. The summed E-state index contributed by atoms with van der Waals surface area (Å²) < 4.78 is 45.3. The summed E-state index contributed by atoms with van der Waals surface area (Å²) >= 11 is 0. The molecule has 0 atom stereocenters. The predicted molar refractivity (Wildman–Crippen MR) is 112 cm³/mol. The van der Waals surface area contributed by atoms with Gasteiger partial charge >= 0.3 is 10.2 Å². The van der Waals surface area contributed by atoms with Gasteiger partial charge in [0.25, 0.3) is 5.91 Å². The molecule has 1 aliphatic heterocycles. The van der Waals surface area contributed by atoms with Crippen molar-refractivity contribution in [2.75, 3.05) is 33.7 Å². The Morgan fingerprint density at radius 1 is 0.967 bits per heavy atom. The third-order valence-corrected chi connectivity index (χ3v) is 5.75. The molecule has 1 aliphatic rings. The molecule has 1 N–H and O–H groups in total. The number of hydrogen-bond donors (Lipinski definition) is 1. The number of likely N-dealkylation sites (N-methyl/N-ethyl adjacent to an activating group) is 1. The van der Waals surface area contributed by atoms with Gasteiger partial charge in [-0.3, -0.25) is 4.79 Å². The number of hydrogen-bond acceptors (Lipinski definition) is 6. The van der Waals surface area contributed by atoms with E-state index in [1.54, 1.807) is 42.5 Å². The minimum absolute atomic E-state index is 0.0781. The number of carbonyl (C=O) groups excluding carboxylic acids is 1. The van der Waals surface area contributed by atoms with E-state index in [1.165, 1.54) is 34.5 Å². The van der Waals surface area contributed by atoms with E-state index in [9.17, 15) is 13.2 Å². The highest BCUT2D eigenvalue weighted by Gasteiger charge is 2.30. The summed E-state index contributed by atoms with van der Waals surface area (Å²) in [5.74, 6) is 0.928. The van der Waals surface area contributed by atoms with Gasteiger partial charge in [-0.2, -0.15) is 8.42 Å². The van der Waals surface area contributed by atoms with Gasteiger partial charge in [0.1, 0.15) is 11.4 Å². The smallest absolute Gasteiger partial charge is 0.345 e. The molecule has 2 aromatic rings. The van der Waals surface area contributed by atoms with Crippen molar-refractivity contribution < 1.29 is 27.4 Å². The van der Waals surface area contributed by atoms with Crippen LogP contribution in [0.25, 0.3) is 0 Å². The maximum atomic E-state index is 12.8. The van der Waals surface area contributed by atoms with Crippen molar-refractivity contribution in [2.24, 2.45) is 4.40 Å². The molecule has 0 fully saturated rings. The van der Waals surface area contributed by atoms with Gasteiger partial charge in [-0.1, -0.05) is 0 Å². The molecule has 0 aliphatic carbocycles. The van der Waals surface area contributed by atoms with E-state index in [0.29, 0.717) is 28.5 Å². The summed E-state index contributed by atoms with van der Waals surface area (Å²) in [4.78, 5) is 12.8. The summed E-state index contributed by atoms with van der Waals surface area (Å²) in [6, 6.07) is 11.5. The zero-order valence-electron chi connectivity index (χ0n) is 16.9. The summed E-state index contributed by atoms with van der Waals surface area (Å²) in [7, 11) is 1.68. The number of methoxy groups -OCH3 is 3. The average Bonchev–Trinajstić information content (AvgIpc) is 2.75. The second kappa shape index (κ2) is 8.46. The fourth-order valence-electron chi connectivity index (χ4n) is 2.77. The van der Waals surface area contributed by atoms with Crippen LogP contribution in [0, 0.1) is 0 Å². The maximum Gasteiger partial charge on any atom is 0.345 e. The molecule has 30 heavy (non-hydrogen) atoms. The first-order valence-corrected chi connectivity index (χ1v) is 10.2. The maximum absolute atomic E-state index is 12.8. The van der Waals surface area contributed by atoms with E-state index in [-0.39, 0.29) is 11.4 Å². The van der Waals surface area contributed by atoms with Crippen LogP contribution in [0.1, 0.15) is 5.56 Å². The normalized spacial score (nSPS) is 15.0. The van der Waals surface area contributed by atoms with Crippen LogP contribution >= 0.6 is 0 Å². The number of benzene rings is 2. The van der Waals surface area contributed by atoms with Crippen molar-refractivity contribution >= 4 is 27.5 Å². The van der Waals surface area contributed by atoms with Crippen LogP contribution in [-0.2, 0) is 15.0 Å². The number of allylic oxidation sites excluding steroid dienone is 1. The van der Waals surface area contributed by atoms with Crippen molar-refractivity contribution in [3.05, 3.63) is 59.8 Å². The van der Waals surface area contributed by atoms with E-state index in [0.717, 1.165) is 4.31 Å². The molecule has 0 saturated carbocycles. The lowest BCUT2D eigenvalue weighted by molar-refractivity contribution is -0.113. The minimum Gasteiger partial charge on any atom is -0.497 e. The van der Waals surface area contributed by atoms with Crippen LogP contribution < -0.4 is 19.5 Å². The number of nitrogens with one attached hydrogen (secondary N) is 1. The van der Waals surface area contributed by atoms with E-state index in [4.69, 9.17) is 14.2 Å². The Morgan fingerprint density at radius 3 is 2.23 bits per heavy atom. The Labute approximate surface area is 174 Å². The molecule has 10 heteroatoms. The first-order valence-electron chi connectivity index (χ1n) is 8.77. The van der Waals surface area contributed by atoms with Gasteiger partial charge in [0.2, 0.25) is 0 Å². The third-order valence-electron chi connectivity index (χ3n) is 4.43. The van der Waals surface area contributed by atoms with Crippen molar-refractivity contribution in [1.29, 1.82) is 0 Å². The monoisotopic (exact) mass is 431 g/mol. The highest BCUT2D eigenvalue weighted by molar-refractivity contribution is 7.88. The molecule has 2 aromatic carbocycles. The molecular formula is C20H21N3O6S. The SMILES string of the molecule is COc1ccc(NC(=O)C2=CC(c3ccc(OC)c(OC)c3)=NS(=O)(=O)N2C)cc1. The third kappa shape index (κ3) is 4.23. The first-order chi connectivity index (χ1) is 14.3. The zero-order valence-corrected chi connectivity index (χ0v) is 17.7. The van der Waals surface area contributed by atoms with Gasteiger partial charge in [-0.05, 0) is 48.5 Å². The van der Waals surface area contributed by atoms with Crippen molar-refractivity contribution in [3.8, 4) is 17.2 Å². The molecule has 0 unspecified atom stereocenters. The van der Waals surface area contributed by atoms with Gasteiger partial charge < -0.3 is 19.5 Å². The molecule has 0 aromatic heterocycles.